The van der Waals surface area contributed by atoms with Crippen molar-refractivity contribution >= 4 is 55.8 Å². The molecule has 1 aromatic heterocycles. The second-order valence-corrected chi connectivity index (χ2v) is 9.47. The average Bonchev–Trinajstić information content (AvgIpc) is 3.23. The van der Waals surface area contributed by atoms with Crippen molar-refractivity contribution in [1.82, 2.24) is 4.98 Å². The van der Waals surface area contributed by atoms with Crippen LogP contribution in [-0.2, 0) is 16.4 Å². The Bertz CT molecular complexity index is 1500. The number of aromatic amines is 1. The normalized spacial score (nSPS) is 11.7. The first kappa shape index (κ1) is 23.3. The van der Waals surface area contributed by atoms with Crippen LogP contribution >= 0.6 is 11.6 Å². The predicted molar refractivity (Wildman–Crippen MR) is 134 cm³/mol. The number of para-hydroxylation sites is 1. The van der Waals surface area contributed by atoms with Crippen LogP contribution in [0.25, 0.3) is 10.9 Å². The fourth-order valence-corrected chi connectivity index (χ4v) is 4.67. The fourth-order valence-electron chi connectivity index (χ4n) is 3.47. The van der Waals surface area contributed by atoms with E-state index in [1.165, 1.54) is 42.0 Å². The van der Waals surface area contributed by atoms with E-state index in [4.69, 9.17) is 11.6 Å². The molecule has 0 aliphatic rings. The van der Waals surface area contributed by atoms with Crippen LogP contribution in [0.2, 0.25) is 5.02 Å². The molecular formula is C23H20ClN5O4S. The minimum Gasteiger partial charge on any atom is -0.360 e. The van der Waals surface area contributed by atoms with Crippen molar-refractivity contribution in [3.05, 3.63) is 93.1 Å². The van der Waals surface area contributed by atoms with Gasteiger partial charge in [0.05, 0.1) is 16.0 Å². The van der Waals surface area contributed by atoms with Gasteiger partial charge in [-0.15, -0.1) is 0 Å². The first-order chi connectivity index (χ1) is 16.3. The van der Waals surface area contributed by atoms with Crippen molar-refractivity contribution in [3.63, 3.8) is 0 Å². The number of fused-ring (bicyclic) bond motifs is 1. The van der Waals surface area contributed by atoms with Crippen LogP contribution in [0.4, 0.5) is 17.1 Å². The van der Waals surface area contributed by atoms with E-state index in [2.05, 4.69) is 27.2 Å². The van der Waals surface area contributed by atoms with Gasteiger partial charge in [0.25, 0.3) is 15.7 Å². The number of nitrogens with zero attached hydrogens (tertiary/aromatic N) is 2. The quantitative estimate of drug-likeness (QED) is 0.167. The molecule has 4 rings (SSSR count). The summed E-state index contributed by atoms with van der Waals surface area (Å²) in [5, 5.41) is 17.2. The summed E-state index contributed by atoms with van der Waals surface area (Å²) >= 11 is 5.82. The van der Waals surface area contributed by atoms with Crippen molar-refractivity contribution in [2.45, 2.75) is 18.2 Å². The molecule has 0 bridgehead atoms. The standard InChI is InChI=1S/C23H20ClN5O4S/c1-2-15-4-3-5-20-16(13-25-23(15)20)14-26-27-21-11-10-19(12-22(21)29(30)31)34(32,33)28-18-8-6-17(24)7-9-18/h3-14,25,27-28H,2H2,1H3. The first-order valence-corrected chi connectivity index (χ1v) is 12.1. The van der Waals surface area contributed by atoms with Crippen LogP contribution in [0, 0.1) is 10.1 Å². The topological polar surface area (TPSA) is 129 Å². The van der Waals surface area contributed by atoms with E-state index in [1.807, 2.05) is 24.4 Å². The average molecular weight is 498 g/mol. The third kappa shape index (κ3) is 4.87. The van der Waals surface area contributed by atoms with Gasteiger partial charge in [0.1, 0.15) is 5.69 Å². The molecule has 3 N–H and O–H groups in total. The largest absolute Gasteiger partial charge is 0.360 e. The number of halogens is 1. The Hall–Kier alpha value is -3.89. The van der Waals surface area contributed by atoms with E-state index >= 15 is 0 Å². The van der Waals surface area contributed by atoms with E-state index in [1.54, 1.807) is 6.21 Å². The monoisotopic (exact) mass is 497 g/mol. The number of nitro groups is 1. The van der Waals surface area contributed by atoms with Gasteiger partial charge < -0.3 is 4.98 Å². The van der Waals surface area contributed by atoms with E-state index < -0.39 is 20.6 Å². The number of hydrogen-bond donors (Lipinski definition) is 3. The molecular weight excluding hydrogens is 478 g/mol. The molecule has 0 saturated heterocycles. The number of aromatic nitrogens is 1. The Morgan fingerprint density at radius 3 is 2.62 bits per heavy atom. The SMILES string of the molecule is CCc1cccc2c(C=NNc3ccc(S(=O)(=O)Nc4ccc(Cl)cc4)cc3[N+](=O)[O-])c[nH]c12. The Balaban J connectivity index is 1.57. The second kappa shape index (κ2) is 9.54. The third-order valence-corrected chi connectivity index (χ3v) is 6.81. The highest BCUT2D eigenvalue weighted by Crippen LogP contribution is 2.29. The van der Waals surface area contributed by atoms with Crippen molar-refractivity contribution in [1.29, 1.82) is 0 Å². The number of hydrogen-bond acceptors (Lipinski definition) is 6. The summed E-state index contributed by atoms with van der Waals surface area (Å²) in [4.78, 5) is 13.9. The number of aryl methyl sites for hydroxylation is 1. The molecule has 4 aromatic rings. The number of anilines is 2. The molecule has 0 spiro atoms. The van der Waals surface area contributed by atoms with Gasteiger partial charge in [0.15, 0.2) is 0 Å². The van der Waals surface area contributed by atoms with Crippen molar-refractivity contribution in [2.75, 3.05) is 10.1 Å². The van der Waals surface area contributed by atoms with Gasteiger partial charge in [-0.25, -0.2) is 8.42 Å². The zero-order chi connectivity index (χ0) is 24.3. The Morgan fingerprint density at radius 2 is 1.91 bits per heavy atom. The highest BCUT2D eigenvalue weighted by Gasteiger charge is 2.21. The molecule has 0 aliphatic carbocycles. The van der Waals surface area contributed by atoms with E-state index in [9.17, 15) is 18.5 Å². The number of sulfonamides is 1. The highest BCUT2D eigenvalue weighted by atomic mass is 35.5. The summed E-state index contributed by atoms with van der Waals surface area (Å²) < 4.78 is 27.8. The van der Waals surface area contributed by atoms with Crippen LogP contribution < -0.4 is 10.1 Å². The van der Waals surface area contributed by atoms with Gasteiger partial charge in [-0.05, 0) is 48.4 Å². The Kier molecular flexibility index (Phi) is 6.53. The van der Waals surface area contributed by atoms with Gasteiger partial charge in [0, 0.05) is 39.4 Å². The molecule has 1 heterocycles. The highest BCUT2D eigenvalue weighted by molar-refractivity contribution is 7.92. The second-order valence-electron chi connectivity index (χ2n) is 7.36. The molecule has 9 nitrogen and oxygen atoms in total. The van der Waals surface area contributed by atoms with Crippen LogP contribution in [0.1, 0.15) is 18.1 Å². The number of rotatable bonds is 8. The molecule has 0 saturated carbocycles. The van der Waals surface area contributed by atoms with Crippen molar-refractivity contribution in [3.8, 4) is 0 Å². The molecule has 3 aromatic carbocycles. The Morgan fingerprint density at radius 1 is 1.15 bits per heavy atom. The van der Waals surface area contributed by atoms with Crippen molar-refractivity contribution < 1.29 is 13.3 Å². The van der Waals surface area contributed by atoms with Crippen LogP contribution in [0.5, 0.6) is 0 Å². The van der Waals surface area contributed by atoms with E-state index in [0.717, 1.165) is 29.0 Å². The summed E-state index contributed by atoms with van der Waals surface area (Å²) in [6, 6.07) is 15.6. The number of H-pyrrole nitrogens is 1. The summed E-state index contributed by atoms with van der Waals surface area (Å²) in [7, 11) is -4.05. The van der Waals surface area contributed by atoms with Gasteiger partial charge in [-0.3, -0.25) is 20.3 Å². The Labute approximate surface area is 200 Å². The molecule has 0 radical (unpaired) electrons. The lowest BCUT2D eigenvalue weighted by Gasteiger charge is -2.09. The molecule has 0 unspecified atom stereocenters. The van der Waals surface area contributed by atoms with Crippen LogP contribution in [0.3, 0.4) is 0 Å². The number of nitrogens with one attached hydrogen (secondary N) is 3. The maximum absolute atomic E-state index is 12.7. The lowest BCUT2D eigenvalue weighted by atomic mass is 10.1. The lowest BCUT2D eigenvalue weighted by Crippen LogP contribution is -2.13. The maximum Gasteiger partial charge on any atom is 0.295 e. The fraction of sp³-hybridized carbons (Fsp3) is 0.0870. The van der Waals surface area contributed by atoms with Crippen LogP contribution in [-0.4, -0.2) is 24.5 Å². The molecule has 174 valence electrons. The van der Waals surface area contributed by atoms with Gasteiger partial charge in [-0.2, -0.15) is 5.10 Å². The molecule has 0 amide bonds. The maximum atomic E-state index is 12.7. The smallest absolute Gasteiger partial charge is 0.295 e. The molecule has 0 aliphatic heterocycles. The minimum absolute atomic E-state index is 0.0563. The zero-order valence-electron chi connectivity index (χ0n) is 17.9. The van der Waals surface area contributed by atoms with E-state index in [0.29, 0.717) is 5.02 Å². The third-order valence-electron chi connectivity index (χ3n) is 5.18. The summed E-state index contributed by atoms with van der Waals surface area (Å²) in [5.41, 5.74) is 5.55. The van der Waals surface area contributed by atoms with E-state index in [-0.39, 0.29) is 16.3 Å². The van der Waals surface area contributed by atoms with Crippen LogP contribution in [0.15, 0.2) is 76.9 Å². The number of hydrazone groups is 1. The lowest BCUT2D eigenvalue weighted by molar-refractivity contribution is -0.384. The minimum atomic E-state index is -4.05. The molecule has 11 heteroatoms. The predicted octanol–water partition coefficient (Wildman–Crippen LogP) is 5.54. The molecule has 0 fully saturated rings. The number of benzene rings is 3. The summed E-state index contributed by atoms with van der Waals surface area (Å²) in [6.45, 7) is 2.07. The van der Waals surface area contributed by atoms with Gasteiger partial charge in [0.2, 0.25) is 0 Å². The molecule has 0 atom stereocenters. The summed E-state index contributed by atoms with van der Waals surface area (Å²) in [6.07, 6.45) is 4.23. The number of nitro benzene ring substituents is 1. The van der Waals surface area contributed by atoms with Gasteiger partial charge >= 0.3 is 0 Å². The summed E-state index contributed by atoms with van der Waals surface area (Å²) in [5.74, 6) is 0. The zero-order valence-corrected chi connectivity index (χ0v) is 19.5. The van der Waals surface area contributed by atoms with Crippen molar-refractivity contribution in [2.24, 2.45) is 5.10 Å². The molecule has 34 heavy (non-hydrogen) atoms. The van der Waals surface area contributed by atoms with Gasteiger partial charge in [-0.1, -0.05) is 36.7 Å². The first-order valence-electron chi connectivity index (χ1n) is 10.2.